The average molecular weight is 476 g/mol. The van der Waals surface area contributed by atoms with Crippen LogP contribution in [0.4, 0.5) is 5.95 Å². The van der Waals surface area contributed by atoms with E-state index in [9.17, 15) is 14.7 Å². The third kappa shape index (κ3) is 5.34. The van der Waals surface area contributed by atoms with Gasteiger partial charge in [-0.1, -0.05) is 19.1 Å². The van der Waals surface area contributed by atoms with Gasteiger partial charge in [0.1, 0.15) is 5.75 Å². The highest BCUT2D eigenvalue weighted by atomic mass is 16.5. The van der Waals surface area contributed by atoms with Crippen LogP contribution in [0, 0.1) is 12.8 Å². The molecule has 1 aromatic carbocycles. The first-order chi connectivity index (χ1) is 16.7. The number of aryl methyl sites for hydroxylation is 2. The van der Waals surface area contributed by atoms with Crippen LogP contribution in [-0.4, -0.2) is 36.8 Å². The molecule has 0 radical (unpaired) electrons. The Bertz CT molecular complexity index is 1440. The molecule has 0 bridgehead atoms. The number of nitrogen functional groups attached to an aromatic ring is 1. The summed E-state index contributed by atoms with van der Waals surface area (Å²) in [6.07, 6.45) is 3.31. The summed E-state index contributed by atoms with van der Waals surface area (Å²) in [6.45, 7) is 5.07. The van der Waals surface area contributed by atoms with Crippen molar-refractivity contribution in [2.45, 2.75) is 33.2 Å². The Morgan fingerprint density at radius 1 is 1.20 bits per heavy atom. The Morgan fingerprint density at radius 2 is 1.97 bits per heavy atom. The number of benzene rings is 1. The summed E-state index contributed by atoms with van der Waals surface area (Å²) in [6, 6.07) is 12.3. The summed E-state index contributed by atoms with van der Waals surface area (Å²) in [5.41, 5.74) is 9.34. The number of nitrogens with two attached hydrogens (primary N) is 1. The zero-order valence-corrected chi connectivity index (χ0v) is 20.1. The fourth-order valence-corrected chi connectivity index (χ4v) is 4.15. The number of hydrogen-bond donors (Lipinski definition) is 2. The minimum atomic E-state index is -1.05. The maximum absolute atomic E-state index is 12.3. The number of rotatable bonds is 9. The van der Waals surface area contributed by atoms with E-state index < -0.39 is 5.97 Å². The summed E-state index contributed by atoms with van der Waals surface area (Å²) in [5, 5.41) is 9.40. The van der Waals surface area contributed by atoms with E-state index in [0.29, 0.717) is 41.2 Å². The van der Waals surface area contributed by atoms with E-state index in [1.807, 2.05) is 28.8 Å². The molecule has 0 unspecified atom stereocenters. The smallest absolute Gasteiger partial charge is 0.335 e. The summed E-state index contributed by atoms with van der Waals surface area (Å²) < 4.78 is 9.53. The molecule has 0 fully saturated rings. The molecule has 35 heavy (non-hydrogen) atoms. The molecule has 0 aliphatic heterocycles. The molecule has 9 heteroatoms. The van der Waals surface area contributed by atoms with Crippen molar-refractivity contribution in [3.63, 3.8) is 0 Å². The number of imidazole rings is 1. The van der Waals surface area contributed by atoms with Crippen molar-refractivity contribution in [1.82, 2.24) is 19.1 Å². The molecular weight excluding hydrogens is 446 g/mol. The zero-order chi connectivity index (χ0) is 25.1. The molecule has 0 saturated heterocycles. The molecule has 0 aliphatic carbocycles. The van der Waals surface area contributed by atoms with Gasteiger partial charge in [0.15, 0.2) is 0 Å². The summed E-state index contributed by atoms with van der Waals surface area (Å²) in [4.78, 5) is 32.7. The number of para-hydroxylation sites is 2. The van der Waals surface area contributed by atoms with Crippen LogP contribution in [0.2, 0.25) is 0 Å². The lowest BCUT2D eigenvalue weighted by Crippen LogP contribution is -2.17. The van der Waals surface area contributed by atoms with Crippen LogP contribution in [0.25, 0.3) is 22.3 Å². The molecule has 0 aliphatic rings. The number of pyridine rings is 2. The number of carboxylic acid groups (broad SMARTS) is 1. The second kappa shape index (κ2) is 10.0. The van der Waals surface area contributed by atoms with Gasteiger partial charge in [0, 0.05) is 37.1 Å². The van der Waals surface area contributed by atoms with Gasteiger partial charge in [0.05, 0.1) is 28.9 Å². The Balaban J connectivity index is 1.45. The number of aromatic nitrogens is 4. The molecule has 9 nitrogen and oxygen atoms in total. The van der Waals surface area contributed by atoms with E-state index in [1.165, 1.54) is 22.8 Å². The largest absolute Gasteiger partial charge is 0.491 e. The second-order valence-electron chi connectivity index (χ2n) is 8.85. The number of nitrogens with zero attached hydrogens (tertiary/aromatic N) is 4. The molecule has 3 heterocycles. The van der Waals surface area contributed by atoms with Gasteiger partial charge in [-0.15, -0.1) is 0 Å². The van der Waals surface area contributed by atoms with Crippen molar-refractivity contribution < 1.29 is 14.6 Å². The molecular formula is C26H29N5O4. The van der Waals surface area contributed by atoms with Crippen molar-refractivity contribution in [3.8, 4) is 17.0 Å². The minimum Gasteiger partial charge on any atom is -0.491 e. The van der Waals surface area contributed by atoms with Crippen molar-refractivity contribution in [2.24, 2.45) is 13.0 Å². The van der Waals surface area contributed by atoms with Crippen LogP contribution in [0.5, 0.6) is 5.75 Å². The second-order valence-corrected chi connectivity index (χ2v) is 8.85. The van der Waals surface area contributed by atoms with Gasteiger partial charge in [-0.3, -0.25) is 9.78 Å². The highest BCUT2D eigenvalue weighted by molar-refractivity contribution is 5.89. The number of carbonyl (C=O) groups is 1. The monoisotopic (exact) mass is 475 g/mol. The first kappa shape index (κ1) is 24.0. The van der Waals surface area contributed by atoms with E-state index in [2.05, 4.69) is 16.9 Å². The minimum absolute atomic E-state index is 0.110. The number of carboxylic acids is 1. The SMILES string of the molecule is Cc1cc(C(=O)O)cc(-c2cc(=O)n(C)cc2OCCC[C@@H](C)Cn2c(N)nc3ccccc32)n1. The molecule has 182 valence electrons. The van der Waals surface area contributed by atoms with Crippen LogP contribution in [0.1, 0.15) is 35.8 Å². The molecule has 3 aromatic heterocycles. The van der Waals surface area contributed by atoms with Crippen molar-refractivity contribution in [3.05, 3.63) is 70.3 Å². The lowest BCUT2D eigenvalue weighted by molar-refractivity contribution is 0.0696. The van der Waals surface area contributed by atoms with E-state index >= 15 is 0 Å². The zero-order valence-electron chi connectivity index (χ0n) is 20.1. The van der Waals surface area contributed by atoms with Gasteiger partial charge >= 0.3 is 5.97 Å². The Morgan fingerprint density at radius 3 is 2.74 bits per heavy atom. The van der Waals surface area contributed by atoms with E-state index in [0.717, 1.165) is 30.4 Å². The van der Waals surface area contributed by atoms with Crippen LogP contribution < -0.4 is 16.0 Å². The molecule has 4 aromatic rings. The first-order valence-electron chi connectivity index (χ1n) is 11.5. The quantitative estimate of drug-likeness (QED) is 0.352. The van der Waals surface area contributed by atoms with Crippen LogP contribution in [0.3, 0.4) is 0 Å². The molecule has 0 saturated carbocycles. The first-order valence-corrected chi connectivity index (χ1v) is 11.5. The highest BCUT2D eigenvalue weighted by Gasteiger charge is 2.15. The van der Waals surface area contributed by atoms with Gasteiger partial charge in [-0.05, 0) is 49.9 Å². The predicted octanol–water partition coefficient (Wildman–Crippen LogP) is 3.88. The molecule has 4 rings (SSSR count). The van der Waals surface area contributed by atoms with E-state index in [-0.39, 0.29) is 11.1 Å². The fraction of sp³-hybridized carbons (Fsp3) is 0.308. The van der Waals surface area contributed by atoms with Gasteiger partial charge in [0.25, 0.3) is 5.56 Å². The third-order valence-corrected chi connectivity index (χ3v) is 5.95. The Labute approximate surface area is 202 Å². The van der Waals surface area contributed by atoms with Crippen LogP contribution in [-0.2, 0) is 13.6 Å². The lowest BCUT2D eigenvalue weighted by atomic mass is 10.1. The fourth-order valence-electron chi connectivity index (χ4n) is 4.15. The van der Waals surface area contributed by atoms with Crippen LogP contribution in [0.15, 0.2) is 53.5 Å². The maximum atomic E-state index is 12.3. The number of fused-ring (bicyclic) bond motifs is 1. The highest BCUT2D eigenvalue weighted by Crippen LogP contribution is 2.28. The maximum Gasteiger partial charge on any atom is 0.335 e. The van der Waals surface area contributed by atoms with Gasteiger partial charge in [-0.25, -0.2) is 9.78 Å². The standard InChI is InChI=1S/C26H29N5O4/c1-16(14-31-22-9-5-4-8-20(22)29-26(31)27)7-6-10-35-23-15-30(3)24(32)13-19(23)21-12-18(25(33)34)11-17(2)28-21/h4-5,8-9,11-13,15-16H,6-7,10,14H2,1-3H3,(H2,27,29)(H,33,34)/t16-/m1/s1. The predicted molar refractivity (Wildman–Crippen MR) is 135 cm³/mol. The molecule has 0 spiro atoms. The van der Waals surface area contributed by atoms with E-state index in [4.69, 9.17) is 10.5 Å². The number of ether oxygens (including phenoxy) is 1. The lowest BCUT2D eigenvalue weighted by Gasteiger charge is -2.16. The van der Waals surface area contributed by atoms with Gasteiger partial charge in [-0.2, -0.15) is 0 Å². The number of anilines is 1. The van der Waals surface area contributed by atoms with Crippen molar-refractivity contribution >= 4 is 23.0 Å². The number of hydrogen-bond acceptors (Lipinski definition) is 6. The van der Waals surface area contributed by atoms with Gasteiger partial charge < -0.3 is 24.7 Å². The van der Waals surface area contributed by atoms with Gasteiger partial charge in [0.2, 0.25) is 5.95 Å². The topological polar surface area (TPSA) is 125 Å². The van der Waals surface area contributed by atoms with Crippen LogP contribution >= 0.6 is 0 Å². The molecule has 1 atom stereocenters. The molecule has 0 amide bonds. The Hall–Kier alpha value is -4.14. The summed E-state index contributed by atoms with van der Waals surface area (Å²) in [5.74, 6) is 0.285. The Kier molecular flexibility index (Phi) is 6.86. The van der Waals surface area contributed by atoms with E-state index in [1.54, 1.807) is 20.2 Å². The number of aromatic carboxylic acids is 1. The molecule has 3 N–H and O–H groups in total. The summed E-state index contributed by atoms with van der Waals surface area (Å²) >= 11 is 0. The summed E-state index contributed by atoms with van der Waals surface area (Å²) in [7, 11) is 1.65. The van der Waals surface area contributed by atoms with Crippen molar-refractivity contribution in [2.75, 3.05) is 12.3 Å². The third-order valence-electron chi connectivity index (χ3n) is 5.95. The normalized spacial score (nSPS) is 12.1. The van der Waals surface area contributed by atoms with Crippen molar-refractivity contribution in [1.29, 1.82) is 0 Å². The average Bonchev–Trinajstić information content (AvgIpc) is 3.13.